The summed E-state index contributed by atoms with van der Waals surface area (Å²) < 4.78 is 6.08. The van der Waals surface area contributed by atoms with Crippen LogP contribution in [0.3, 0.4) is 0 Å². The van der Waals surface area contributed by atoms with Crippen molar-refractivity contribution in [3.8, 4) is 0 Å². The van der Waals surface area contributed by atoms with Gasteiger partial charge in [0.1, 0.15) is 0 Å². The van der Waals surface area contributed by atoms with Crippen LogP contribution >= 0.6 is 15.9 Å². The summed E-state index contributed by atoms with van der Waals surface area (Å²) in [5.74, 6) is 0. The van der Waals surface area contributed by atoms with Gasteiger partial charge in [-0.2, -0.15) is 0 Å². The third-order valence-electron chi connectivity index (χ3n) is 3.15. The maximum atomic E-state index is 10.9. The summed E-state index contributed by atoms with van der Waals surface area (Å²) in [6, 6.07) is 3.32. The second-order valence-electron chi connectivity index (χ2n) is 4.47. The topological polar surface area (TPSA) is 75.8 Å². The van der Waals surface area contributed by atoms with E-state index in [4.69, 9.17) is 9.84 Å². The zero-order valence-corrected chi connectivity index (χ0v) is 12.1. The van der Waals surface area contributed by atoms with Gasteiger partial charge in [-0.15, -0.1) is 0 Å². The summed E-state index contributed by atoms with van der Waals surface area (Å²) in [4.78, 5) is 12.5. The standard InChI is InChI=1S/C12H15BrN2O4/c1-8-4-12(10(13)5-11(8)15(17)18)14-2-3-19-9(6-14)7-16/h4-5,9,16H,2-3,6-7H2,1H3. The molecule has 0 bridgehead atoms. The molecule has 1 atom stereocenters. The van der Waals surface area contributed by atoms with Crippen molar-refractivity contribution in [3.05, 3.63) is 32.3 Å². The molecule has 0 radical (unpaired) electrons. The van der Waals surface area contributed by atoms with Gasteiger partial charge in [-0.1, -0.05) is 0 Å². The molecule has 1 N–H and O–H groups in total. The van der Waals surface area contributed by atoms with Crippen molar-refractivity contribution in [2.45, 2.75) is 13.0 Å². The smallest absolute Gasteiger partial charge is 0.273 e. The molecule has 1 aromatic carbocycles. The number of aryl methyl sites for hydroxylation is 1. The molecule has 0 saturated carbocycles. The molecule has 1 unspecified atom stereocenters. The average Bonchev–Trinajstić information content (AvgIpc) is 2.40. The molecule has 0 spiro atoms. The fourth-order valence-electron chi connectivity index (χ4n) is 2.14. The van der Waals surface area contributed by atoms with Gasteiger partial charge in [0, 0.05) is 29.2 Å². The van der Waals surface area contributed by atoms with E-state index in [1.54, 1.807) is 13.0 Å². The molecule has 19 heavy (non-hydrogen) atoms. The van der Waals surface area contributed by atoms with Crippen molar-refractivity contribution >= 4 is 27.3 Å². The maximum absolute atomic E-state index is 10.9. The van der Waals surface area contributed by atoms with Crippen LogP contribution in [-0.2, 0) is 4.74 Å². The Labute approximate surface area is 119 Å². The number of halogens is 1. The number of benzene rings is 1. The number of aliphatic hydroxyl groups is 1. The largest absolute Gasteiger partial charge is 0.394 e. The molecule has 6 nitrogen and oxygen atoms in total. The van der Waals surface area contributed by atoms with Crippen molar-refractivity contribution in [3.63, 3.8) is 0 Å². The van der Waals surface area contributed by atoms with E-state index in [9.17, 15) is 10.1 Å². The molecular weight excluding hydrogens is 316 g/mol. The van der Waals surface area contributed by atoms with E-state index < -0.39 is 0 Å². The molecule has 1 heterocycles. The van der Waals surface area contributed by atoms with Gasteiger partial charge in [0.2, 0.25) is 0 Å². The van der Waals surface area contributed by atoms with Crippen molar-refractivity contribution in [1.29, 1.82) is 0 Å². The van der Waals surface area contributed by atoms with Gasteiger partial charge in [0.15, 0.2) is 0 Å². The Balaban J connectivity index is 2.30. The molecule has 2 rings (SSSR count). The van der Waals surface area contributed by atoms with Crippen LogP contribution in [0.5, 0.6) is 0 Å². The number of nitrogens with zero attached hydrogens (tertiary/aromatic N) is 2. The first-order valence-electron chi connectivity index (χ1n) is 5.95. The Bertz CT molecular complexity index is 495. The SMILES string of the molecule is Cc1cc(N2CCOC(CO)C2)c(Br)cc1[N+](=O)[O-]. The monoisotopic (exact) mass is 330 g/mol. The number of morpholine rings is 1. The number of nitro groups is 1. The number of hydrogen-bond acceptors (Lipinski definition) is 5. The molecule has 7 heteroatoms. The number of aliphatic hydroxyl groups excluding tert-OH is 1. The van der Waals surface area contributed by atoms with E-state index >= 15 is 0 Å². The van der Waals surface area contributed by atoms with Gasteiger partial charge in [0.25, 0.3) is 5.69 Å². The van der Waals surface area contributed by atoms with Gasteiger partial charge >= 0.3 is 0 Å². The van der Waals surface area contributed by atoms with Crippen LogP contribution in [0.4, 0.5) is 11.4 Å². The van der Waals surface area contributed by atoms with Crippen molar-refractivity contribution in [1.82, 2.24) is 0 Å². The molecule has 0 aliphatic carbocycles. The highest BCUT2D eigenvalue weighted by atomic mass is 79.9. The highest BCUT2D eigenvalue weighted by molar-refractivity contribution is 9.10. The summed E-state index contributed by atoms with van der Waals surface area (Å²) in [6.07, 6.45) is -0.212. The van der Waals surface area contributed by atoms with Crippen LogP contribution in [0.25, 0.3) is 0 Å². The minimum absolute atomic E-state index is 0.0277. The van der Waals surface area contributed by atoms with Crippen LogP contribution in [-0.4, -0.2) is 42.4 Å². The maximum Gasteiger partial charge on any atom is 0.273 e. The summed E-state index contributed by atoms with van der Waals surface area (Å²) in [5.41, 5.74) is 1.61. The Hall–Kier alpha value is -1.18. The van der Waals surface area contributed by atoms with Gasteiger partial charge in [-0.05, 0) is 28.9 Å². The van der Waals surface area contributed by atoms with Gasteiger partial charge in [0.05, 0.1) is 29.9 Å². The lowest BCUT2D eigenvalue weighted by atomic mass is 10.1. The predicted octanol–water partition coefficient (Wildman–Crippen LogP) is 1.86. The normalized spacial score (nSPS) is 19.5. The Kier molecular flexibility index (Phi) is 4.38. The van der Waals surface area contributed by atoms with Crippen LogP contribution in [0.1, 0.15) is 5.56 Å². The zero-order chi connectivity index (χ0) is 14.0. The van der Waals surface area contributed by atoms with Crippen molar-refractivity contribution in [2.75, 3.05) is 31.2 Å². The predicted molar refractivity (Wildman–Crippen MR) is 74.6 cm³/mol. The highest BCUT2D eigenvalue weighted by Crippen LogP contribution is 2.33. The highest BCUT2D eigenvalue weighted by Gasteiger charge is 2.23. The summed E-state index contributed by atoms with van der Waals surface area (Å²) in [7, 11) is 0. The molecule has 1 aliphatic heterocycles. The van der Waals surface area contributed by atoms with E-state index in [1.165, 1.54) is 6.07 Å². The third-order valence-corrected chi connectivity index (χ3v) is 3.78. The molecule has 1 aliphatic rings. The number of ether oxygens (including phenoxy) is 1. The number of rotatable bonds is 3. The molecule has 1 aromatic rings. The molecule has 1 saturated heterocycles. The second-order valence-corrected chi connectivity index (χ2v) is 5.32. The lowest BCUT2D eigenvalue weighted by Gasteiger charge is -2.34. The summed E-state index contributed by atoms with van der Waals surface area (Å²) >= 11 is 3.38. The number of hydrogen-bond donors (Lipinski definition) is 1. The van der Waals surface area contributed by atoms with Gasteiger partial charge < -0.3 is 14.7 Å². The fourth-order valence-corrected chi connectivity index (χ4v) is 2.73. The average molecular weight is 331 g/mol. The molecule has 104 valence electrons. The van der Waals surface area contributed by atoms with E-state index in [0.29, 0.717) is 29.7 Å². The number of anilines is 1. The first kappa shape index (κ1) is 14.2. The van der Waals surface area contributed by atoms with Crippen LogP contribution in [0.2, 0.25) is 0 Å². The quantitative estimate of drug-likeness (QED) is 0.676. The zero-order valence-electron chi connectivity index (χ0n) is 10.5. The molecule has 0 aromatic heterocycles. The van der Waals surface area contributed by atoms with Crippen LogP contribution < -0.4 is 4.90 Å². The van der Waals surface area contributed by atoms with E-state index in [0.717, 1.165) is 5.69 Å². The first-order valence-corrected chi connectivity index (χ1v) is 6.74. The van der Waals surface area contributed by atoms with Crippen molar-refractivity contribution < 1.29 is 14.8 Å². The van der Waals surface area contributed by atoms with Crippen LogP contribution in [0.15, 0.2) is 16.6 Å². The Morgan fingerprint density at radius 1 is 1.63 bits per heavy atom. The van der Waals surface area contributed by atoms with Gasteiger partial charge in [-0.3, -0.25) is 10.1 Å². The van der Waals surface area contributed by atoms with E-state index in [2.05, 4.69) is 20.8 Å². The number of nitro benzene ring substituents is 1. The van der Waals surface area contributed by atoms with E-state index in [-0.39, 0.29) is 23.3 Å². The minimum atomic E-state index is -0.389. The fraction of sp³-hybridized carbons (Fsp3) is 0.500. The van der Waals surface area contributed by atoms with Gasteiger partial charge in [-0.25, -0.2) is 0 Å². The second kappa shape index (κ2) is 5.85. The van der Waals surface area contributed by atoms with Crippen LogP contribution in [0, 0.1) is 17.0 Å². The third kappa shape index (κ3) is 3.05. The lowest BCUT2D eigenvalue weighted by molar-refractivity contribution is -0.385. The lowest BCUT2D eigenvalue weighted by Crippen LogP contribution is -2.44. The summed E-state index contributed by atoms with van der Waals surface area (Å²) in [6.45, 7) is 3.50. The molecule has 0 amide bonds. The van der Waals surface area contributed by atoms with E-state index in [1.807, 2.05) is 0 Å². The first-order chi connectivity index (χ1) is 9.02. The molecular formula is C12H15BrN2O4. The molecule has 1 fully saturated rings. The minimum Gasteiger partial charge on any atom is -0.394 e. The Morgan fingerprint density at radius 2 is 2.37 bits per heavy atom. The summed E-state index contributed by atoms with van der Waals surface area (Å²) in [5, 5.41) is 20.0. The Morgan fingerprint density at radius 3 is 3.00 bits per heavy atom. The van der Waals surface area contributed by atoms with Crippen molar-refractivity contribution in [2.24, 2.45) is 0 Å².